The van der Waals surface area contributed by atoms with E-state index >= 15 is 0 Å². The number of nitrogens with zero attached hydrogens (tertiary/aromatic N) is 5. The van der Waals surface area contributed by atoms with Crippen LogP contribution in [0.1, 0.15) is 17.2 Å². The summed E-state index contributed by atoms with van der Waals surface area (Å²) in [6, 6.07) is 6.07. The number of aliphatic imine (C=N–C) groups is 1. The number of hydrogen-bond acceptors (Lipinski definition) is 7. The van der Waals surface area contributed by atoms with Gasteiger partial charge in [0.1, 0.15) is 12.4 Å². The van der Waals surface area contributed by atoms with Gasteiger partial charge >= 0.3 is 0 Å². The number of rotatable bonds is 8. The smallest absolute Gasteiger partial charge is 0.231 e. The summed E-state index contributed by atoms with van der Waals surface area (Å²) in [5.41, 5.74) is 1.19. The molecule has 2 aliphatic heterocycles. The van der Waals surface area contributed by atoms with Gasteiger partial charge in [0.15, 0.2) is 23.3 Å². The second-order valence-corrected chi connectivity index (χ2v) is 7.63. The maximum absolute atomic E-state index is 5.47. The van der Waals surface area contributed by atoms with E-state index in [1.807, 2.05) is 30.7 Å². The molecular formula is C21H31N7O3. The van der Waals surface area contributed by atoms with Gasteiger partial charge in [-0.15, -0.1) is 10.2 Å². The molecule has 0 spiro atoms. The highest BCUT2D eigenvalue weighted by Gasteiger charge is 2.13. The molecule has 0 unspecified atom stereocenters. The second kappa shape index (κ2) is 10.5. The second-order valence-electron chi connectivity index (χ2n) is 7.63. The number of nitrogens with one attached hydrogen (secondary N) is 2. The zero-order valence-electron chi connectivity index (χ0n) is 18.3. The van der Waals surface area contributed by atoms with Crippen LogP contribution in [-0.2, 0) is 24.8 Å². The van der Waals surface area contributed by atoms with Gasteiger partial charge in [0, 0.05) is 39.8 Å². The van der Waals surface area contributed by atoms with E-state index in [4.69, 9.17) is 19.2 Å². The molecule has 0 bridgehead atoms. The quantitative estimate of drug-likeness (QED) is 0.462. The molecule has 168 valence electrons. The monoisotopic (exact) mass is 429 g/mol. The summed E-state index contributed by atoms with van der Waals surface area (Å²) in [7, 11) is 1.96. The van der Waals surface area contributed by atoms with Crippen molar-refractivity contribution in [2.75, 3.05) is 52.7 Å². The Morgan fingerprint density at radius 3 is 2.71 bits per heavy atom. The van der Waals surface area contributed by atoms with Crippen LogP contribution in [0, 0.1) is 6.92 Å². The van der Waals surface area contributed by atoms with E-state index in [0.717, 1.165) is 81.5 Å². The molecule has 2 aliphatic rings. The van der Waals surface area contributed by atoms with Crippen LogP contribution < -0.4 is 20.1 Å². The maximum Gasteiger partial charge on any atom is 0.231 e. The Morgan fingerprint density at radius 1 is 1.10 bits per heavy atom. The summed E-state index contributed by atoms with van der Waals surface area (Å²) < 4.78 is 18.2. The van der Waals surface area contributed by atoms with Crippen molar-refractivity contribution in [3.05, 3.63) is 35.4 Å². The molecule has 0 amide bonds. The number of aromatic nitrogens is 3. The third-order valence-corrected chi connectivity index (χ3v) is 5.53. The lowest BCUT2D eigenvalue weighted by atomic mass is 10.1. The molecule has 3 heterocycles. The lowest BCUT2D eigenvalue weighted by Crippen LogP contribution is -2.44. The Morgan fingerprint density at radius 2 is 1.90 bits per heavy atom. The summed E-state index contributed by atoms with van der Waals surface area (Å²) >= 11 is 0. The fourth-order valence-electron chi connectivity index (χ4n) is 3.49. The molecule has 10 heteroatoms. The van der Waals surface area contributed by atoms with E-state index in [2.05, 4.69) is 31.8 Å². The third-order valence-electron chi connectivity index (χ3n) is 5.53. The summed E-state index contributed by atoms with van der Waals surface area (Å²) in [5.74, 6) is 4.11. The van der Waals surface area contributed by atoms with E-state index in [9.17, 15) is 0 Å². The van der Waals surface area contributed by atoms with Crippen LogP contribution in [0.3, 0.4) is 0 Å². The van der Waals surface area contributed by atoms with Gasteiger partial charge in [-0.25, -0.2) is 4.99 Å². The molecule has 0 radical (unpaired) electrons. The van der Waals surface area contributed by atoms with Crippen LogP contribution in [0.2, 0.25) is 0 Å². The summed E-state index contributed by atoms with van der Waals surface area (Å²) in [6.45, 7) is 8.78. The molecule has 1 fully saturated rings. The minimum absolute atomic E-state index is 0.294. The number of aryl methyl sites for hydroxylation is 1. The van der Waals surface area contributed by atoms with Crippen LogP contribution in [0.15, 0.2) is 23.2 Å². The molecule has 0 aliphatic carbocycles. The fraction of sp³-hybridized carbons (Fsp3) is 0.571. The van der Waals surface area contributed by atoms with Gasteiger partial charge in [-0.2, -0.15) is 0 Å². The number of guanidine groups is 1. The van der Waals surface area contributed by atoms with E-state index in [-0.39, 0.29) is 0 Å². The summed E-state index contributed by atoms with van der Waals surface area (Å²) in [6.07, 6.45) is 0.851. The van der Waals surface area contributed by atoms with Gasteiger partial charge in [0.05, 0.1) is 13.2 Å². The highest BCUT2D eigenvalue weighted by atomic mass is 16.7. The van der Waals surface area contributed by atoms with Gasteiger partial charge in [0.2, 0.25) is 6.79 Å². The summed E-state index contributed by atoms with van der Waals surface area (Å²) in [4.78, 5) is 7.12. The molecule has 31 heavy (non-hydrogen) atoms. The minimum atomic E-state index is 0.294. The van der Waals surface area contributed by atoms with Crippen molar-refractivity contribution in [2.45, 2.75) is 19.9 Å². The van der Waals surface area contributed by atoms with Crippen LogP contribution in [-0.4, -0.2) is 78.4 Å². The van der Waals surface area contributed by atoms with Gasteiger partial charge in [-0.05, 0) is 31.0 Å². The molecule has 1 saturated heterocycles. The number of benzene rings is 1. The van der Waals surface area contributed by atoms with Crippen LogP contribution >= 0.6 is 0 Å². The normalized spacial score (nSPS) is 16.5. The van der Waals surface area contributed by atoms with Crippen LogP contribution in [0.25, 0.3) is 0 Å². The highest BCUT2D eigenvalue weighted by molar-refractivity contribution is 5.79. The van der Waals surface area contributed by atoms with Gasteiger partial charge in [-0.3, -0.25) is 4.90 Å². The predicted octanol–water partition coefficient (Wildman–Crippen LogP) is 0.462. The zero-order valence-corrected chi connectivity index (χ0v) is 18.3. The standard InChI is InChI=1S/C21H31N7O3/c1-16-25-26-20(27(16)2)14-24-21(23-7-8-28-9-11-29-12-10-28)22-6-5-17-3-4-18-19(13-17)31-15-30-18/h3-4,13H,5-12,14-15H2,1-2H3,(H2,22,23,24). The third kappa shape index (κ3) is 5.86. The largest absolute Gasteiger partial charge is 0.454 e. The Bertz CT molecular complexity index is 893. The van der Waals surface area contributed by atoms with E-state index in [1.165, 1.54) is 5.56 Å². The molecule has 1 aromatic heterocycles. The van der Waals surface area contributed by atoms with Crippen molar-refractivity contribution in [3.8, 4) is 11.5 Å². The van der Waals surface area contributed by atoms with Gasteiger partial charge in [-0.1, -0.05) is 6.07 Å². The SMILES string of the molecule is Cc1nnc(CN=C(NCCc2ccc3c(c2)OCO3)NCCN2CCOCC2)n1C. The molecule has 10 nitrogen and oxygen atoms in total. The summed E-state index contributed by atoms with van der Waals surface area (Å²) in [5, 5.41) is 15.2. The van der Waals surface area contributed by atoms with E-state index in [0.29, 0.717) is 13.3 Å². The first-order valence-electron chi connectivity index (χ1n) is 10.7. The van der Waals surface area contributed by atoms with E-state index < -0.39 is 0 Å². The average Bonchev–Trinajstić information content (AvgIpc) is 3.39. The van der Waals surface area contributed by atoms with Gasteiger partial charge in [0.25, 0.3) is 0 Å². The van der Waals surface area contributed by atoms with Crippen molar-refractivity contribution in [1.82, 2.24) is 30.3 Å². The lowest BCUT2D eigenvalue weighted by molar-refractivity contribution is 0.0389. The minimum Gasteiger partial charge on any atom is -0.454 e. The molecule has 0 atom stereocenters. The number of hydrogen-bond donors (Lipinski definition) is 2. The first-order valence-corrected chi connectivity index (χ1v) is 10.7. The zero-order chi connectivity index (χ0) is 21.5. The predicted molar refractivity (Wildman–Crippen MR) is 116 cm³/mol. The van der Waals surface area contributed by atoms with Crippen LogP contribution in [0.5, 0.6) is 11.5 Å². The first kappa shape index (κ1) is 21.4. The van der Waals surface area contributed by atoms with Crippen molar-refractivity contribution >= 4 is 5.96 Å². The number of morpholine rings is 1. The van der Waals surface area contributed by atoms with Crippen molar-refractivity contribution in [1.29, 1.82) is 0 Å². The average molecular weight is 430 g/mol. The maximum atomic E-state index is 5.47. The molecular weight excluding hydrogens is 398 g/mol. The van der Waals surface area contributed by atoms with Crippen molar-refractivity contribution in [3.63, 3.8) is 0 Å². The fourth-order valence-corrected chi connectivity index (χ4v) is 3.49. The van der Waals surface area contributed by atoms with Gasteiger partial charge < -0.3 is 29.4 Å². The Labute approximate surface area is 182 Å². The Kier molecular flexibility index (Phi) is 7.21. The van der Waals surface area contributed by atoms with Crippen molar-refractivity contribution < 1.29 is 14.2 Å². The topological polar surface area (TPSA) is 98.1 Å². The number of ether oxygens (including phenoxy) is 3. The lowest BCUT2D eigenvalue weighted by Gasteiger charge is -2.26. The molecule has 1 aromatic carbocycles. The Balaban J connectivity index is 1.31. The molecule has 2 N–H and O–H groups in total. The highest BCUT2D eigenvalue weighted by Crippen LogP contribution is 2.32. The number of fused-ring (bicyclic) bond motifs is 1. The Hall–Kier alpha value is -2.85. The molecule has 2 aromatic rings. The first-order chi connectivity index (χ1) is 15.2. The van der Waals surface area contributed by atoms with Crippen LogP contribution in [0.4, 0.5) is 0 Å². The van der Waals surface area contributed by atoms with Crippen molar-refractivity contribution in [2.24, 2.45) is 12.0 Å². The molecule has 0 saturated carbocycles. The van der Waals surface area contributed by atoms with E-state index in [1.54, 1.807) is 0 Å². The molecule has 4 rings (SSSR count).